The van der Waals surface area contributed by atoms with Crippen LogP contribution in [0.3, 0.4) is 0 Å². The number of aromatic nitrogens is 3. The molecule has 2 aromatic carbocycles. The summed E-state index contributed by atoms with van der Waals surface area (Å²) in [5.74, 6) is 0.603. The van der Waals surface area contributed by atoms with Crippen LogP contribution in [0.4, 0.5) is 5.69 Å². The number of nitrogens with zero attached hydrogens (tertiary/aromatic N) is 3. The third kappa shape index (κ3) is 6.57. The molecule has 0 fully saturated rings. The molecular weight excluding hydrogens is 446 g/mol. The molecule has 0 aliphatic carbocycles. The van der Waals surface area contributed by atoms with Crippen molar-refractivity contribution in [3.8, 4) is 0 Å². The SMILES string of the molecule is C=CCn1c(SCC(=O)Nc2ccc(C)cc2)nnc1[C@@H](NC(=O)c1cccc(C)c1)C(C)C. The summed E-state index contributed by atoms with van der Waals surface area (Å²) < 4.78 is 1.90. The summed E-state index contributed by atoms with van der Waals surface area (Å²) >= 11 is 1.30. The summed E-state index contributed by atoms with van der Waals surface area (Å²) in [6, 6.07) is 14.8. The zero-order valence-corrected chi connectivity index (χ0v) is 20.9. The Bertz CT molecular complexity index is 1150. The van der Waals surface area contributed by atoms with Crippen LogP contribution in [0.25, 0.3) is 0 Å². The van der Waals surface area contributed by atoms with Crippen molar-refractivity contribution in [2.45, 2.75) is 45.4 Å². The van der Waals surface area contributed by atoms with Crippen molar-refractivity contribution >= 4 is 29.3 Å². The highest BCUT2D eigenvalue weighted by atomic mass is 32.2. The second-order valence-electron chi connectivity index (χ2n) is 8.51. The highest BCUT2D eigenvalue weighted by molar-refractivity contribution is 7.99. The van der Waals surface area contributed by atoms with Crippen LogP contribution >= 0.6 is 11.8 Å². The fourth-order valence-corrected chi connectivity index (χ4v) is 4.20. The van der Waals surface area contributed by atoms with Gasteiger partial charge in [-0.2, -0.15) is 0 Å². The Morgan fingerprint density at radius 3 is 2.47 bits per heavy atom. The fourth-order valence-electron chi connectivity index (χ4n) is 3.44. The van der Waals surface area contributed by atoms with Crippen LogP contribution in [-0.2, 0) is 11.3 Å². The monoisotopic (exact) mass is 477 g/mol. The third-order valence-corrected chi connectivity index (χ3v) is 6.20. The molecule has 0 saturated carbocycles. The lowest BCUT2D eigenvalue weighted by molar-refractivity contribution is -0.113. The number of hydrogen-bond acceptors (Lipinski definition) is 5. The van der Waals surface area contributed by atoms with Crippen molar-refractivity contribution in [1.29, 1.82) is 0 Å². The molecule has 0 unspecified atom stereocenters. The zero-order chi connectivity index (χ0) is 24.7. The van der Waals surface area contributed by atoms with Crippen LogP contribution in [0.1, 0.15) is 47.2 Å². The number of carbonyl (C=O) groups excluding carboxylic acids is 2. The van der Waals surface area contributed by atoms with Crippen molar-refractivity contribution in [3.63, 3.8) is 0 Å². The van der Waals surface area contributed by atoms with Crippen molar-refractivity contribution in [2.24, 2.45) is 5.92 Å². The van der Waals surface area contributed by atoms with Crippen molar-refractivity contribution in [3.05, 3.63) is 83.7 Å². The van der Waals surface area contributed by atoms with Crippen LogP contribution in [0.2, 0.25) is 0 Å². The van der Waals surface area contributed by atoms with E-state index < -0.39 is 0 Å². The first-order valence-corrected chi connectivity index (χ1v) is 12.2. The molecule has 0 saturated heterocycles. The third-order valence-electron chi connectivity index (χ3n) is 5.24. The van der Waals surface area contributed by atoms with Crippen LogP contribution in [0, 0.1) is 19.8 Å². The Kier molecular flexibility index (Phi) is 8.65. The number of benzene rings is 2. The average Bonchev–Trinajstić information content (AvgIpc) is 3.19. The van der Waals surface area contributed by atoms with Gasteiger partial charge < -0.3 is 15.2 Å². The van der Waals surface area contributed by atoms with Gasteiger partial charge in [0, 0.05) is 17.8 Å². The number of rotatable bonds is 10. The average molecular weight is 478 g/mol. The van der Waals surface area contributed by atoms with Crippen LogP contribution in [-0.4, -0.2) is 32.3 Å². The number of allylic oxidation sites excluding steroid dienone is 1. The van der Waals surface area contributed by atoms with Crippen molar-refractivity contribution in [1.82, 2.24) is 20.1 Å². The smallest absolute Gasteiger partial charge is 0.251 e. The molecule has 0 aliphatic rings. The molecule has 7 nitrogen and oxygen atoms in total. The number of anilines is 1. The summed E-state index contributed by atoms with van der Waals surface area (Å²) in [7, 11) is 0. The van der Waals surface area contributed by atoms with Gasteiger partial charge in [-0.25, -0.2) is 0 Å². The van der Waals surface area contributed by atoms with E-state index in [4.69, 9.17) is 0 Å². The van der Waals surface area contributed by atoms with Crippen LogP contribution in [0.15, 0.2) is 66.3 Å². The minimum Gasteiger partial charge on any atom is -0.342 e. The van der Waals surface area contributed by atoms with Gasteiger partial charge in [0.2, 0.25) is 5.91 Å². The van der Waals surface area contributed by atoms with E-state index in [0.29, 0.717) is 23.1 Å². The summed E-state index contributed by atoms with van der Waals surface area (Å²) in [5.41, 5.74) is 3.50. The van der Waals surface area contributed by atoms with Gasteiger partial charge in [0.25, 0.3) is 5.91 Å². The largest absolute Gasteiger partial charge is 0.342 e. The zero-order valence-electron chi connectivity index (χ0n) is 20.0. The van der Waals surface area contributed by atoms with E-state index in [-0.39, 0.29) is 29.5 Å². The van der Waals surface area contributed by atoms with Gasteiger partial charge in [-0.3, -0.25) is 9.59 Å². The van der Waals surface area contributed by atoms with E-state index in [2.05, 4.69) is 27.4 Å². The maximum Gasteiger partial charge on any atom is 0.251 e. The van der Waals surface area contributed by atoms with Gasteiger partial charge in [-0.05, 0) is 44.0 Å². The van der Waals surface area contributed by atoms with Gasteiger partial charge in [0.05, 0.1) is 11.8 Å². The lowest BCUT2D eigenvalue weighted by atomic mass is 10.0. The highest BCUT2D eigenvalue weighted by Crippen LogP contribution is 2.26. The van der Waals surface area contributed by atoms with Gasteiger partial charge in [0.15, 0.2) is 11.0 Å². The Labute approximate surface area is 205 Å². The van der Waals surface area contributed by atoms with Crippen LogP contribution < -0.4 is 10.6 Å². The number of amides is 2. The first-order valence-electron chi connectivity index (χ1n) is 11.2. The Morgan fingerprint density at radius 1 is 1.09 bits per heavy atom. The maximum atomic E-state index is 12.9. The summed E-state index contributed by atoms with van der Waals surface area (Å²) in [6.45, 7) is 12.3. The first-order chi connectivity index (χ1) is 16.3. The summed E-state index contributed by atoms with van der Waals surface area (Å²) in [5, 5.41) is 15.3. The van der Waals surface area contributed by atoms with Crippen LogP contribution in [0.5, 0.6) is 0 Å². The molecule has 0 radical (unpaired) electrons. The van der Waals surface area contributed by atoms with Gasteiger partial charge in [-0.1, -0.05) is 67.1 Å². The molecule has 2 N–H and O–H groups in total. The summed E-state index contributed by atoms with van der Waals surface area (Å²) in [6.07, 6.45) is 1.75. The number of hydrogen-bond donors (Lipinski definition) is 2. The molecule has 0 spiro atoms. The topological polar surface area (TPSA) is 88.9 Å². The molecule has 0 aliphatic heterocycles. The lowest BCUT2D eigenvalue weighted by Crippen LogP contribution is -2.34. The minimum atomic E-state index is -0.351. The molecule has 3 aromatic rings. The molecule has 8 heteroatoms. The molecule has 1 heterocycles. The molecule has 178 valence electrons. The number of aryl methyl sites for hydroxylation is 2. The molecular formula is C26H31N5O2S. The van der Waals surface area contributed by atoms with E-state index in [1.165, 1.54) is 11.8 Å². The van der Waals surface area contributed by atoms with Crippen molar-refractivity contribution < 1.29 is 9.59 Å². The number of nitrogens with one attached hydrogen (secondary N) is 2. The first kappa shape index (κ1) is 25.2. The molecule has 1 aromatic heterocycles. The normalized spacial score (nSPS) is 11.8. The predicted molar refractivity (Wildman–Crippen MR) is 137 cm³/mol. The van der Waals surface area contributed by atoms with E-state index >= 15 is 0 Å². The van der Waals surface area contributed by atoms with Gasteiger partial charge >= 0.3 is 0 Å². The second-order valence-corrected chi connectivity index (χ2v) is 9.45. The minimum absolute atomic E-state index is 0.0733. The Morgan fingerprint density at radius 2 is 1.82 bits per heavy atom. The second kappa shape index (κ2) is 11.7. The molecule has 34 heavy (non-hydrogen) atoms. The molecule has 3 rings (SSSR count). The fraction of sp³-hybridized carbons (Fsp3) is 0.308. The summed E-state index contributed by atoms with van der Waals surface area (Å²) in [4.78, 5) is 25.4. The Hall–Kier alpha value is -3.39. The van der Waals surface area contributed by atoms with E-state index in [0.717, 1.165) is 16.8 Å². The predicted octanol–water partition coefficient (Wildman–Crippen LogP) is 4.94. The number of thioether (sulfide) groups is 1. The Balaban J connectivity index is 1.74. The van der Waals surface area contributed by atoms with E-state index in [1.54, 1.807) is 12.1 Å². The highest BCUT2D eigenvalue weighted by Gasteiger charge is 2.26. The van der Waals surface area contributed by atoms with Gasteiger partial charge in [0.1, 0.15) is 0 Å². The van der Waals surface area contributed by atoms with E-state index in [1.807, 2.05) is 74.7 Å². The van der Waals surface area contributed by atoms with Crippen molar-refractivity contribution in [2.75, 3.05) is 11.1 Å². The van der Waals surface area contributed by atoms with Gasteiger partial charge in [-0.15, -0.1) is 16.8 Å². The molecule has 2 amide bonds. The maximum absolute atomic E-state index is 12.9. The standard InChI is InChI=1S/C26H31N5O2S/c1-6-14-31-24(23(17(2)3)28-25(33)20-9-7-8-19(5)15-20)29-30-26(31)34-16-22(32)27-21-12-10-18(4)11-13-21/h6-13,15,17,23H,1,14,16H2,2-5H3,(H,27,32)(H,28,33)/t23-/m0/s1. The molecule has 1 atom stereocenters. The quantitative estimate of drug-likeness (QED) is 0.319. The molecule has 0 bridgehead atoms. The van der Waals surface area contributed by atoms with E-state index in [9.17, 15) is 9.59 Å². The number of carbonyl (C=O) groups is 2. The lowest BCUT2D eigenvalue weighted by Gasteiger charge is -2.22.